The van der Waals surface area contributed by atoms with Crippen molar-refractivity contribution in [2.75, 3.05) is 7.11 Å². The molecule has 0 atom stereocenters. The third kappa shape index (κ3) is 4.66. The minimum atomic E-state index is -0.677. The van der Waals surface area contributed by atoms with E-state index in [0.29, 0.717) is 6.54 Å². The molecule has 3 nitrogen and oxygen atoms in total. The topological polar surface area (TPSA) is 38.3 Å². The molecule has 0 spiro atoms. The molecule has 0 fully saturated rings. The number of esters is 1. The van der Waals surface area contributed by atoms with Gasteiger partial charge in [-0.1, -0.05) is 34.1 Å². The van der Waals surface area contributed by atoms with Crippen molar-refractivity contribution in [1.29, 1.82) is 0 Å². The van der Waals surface area contributed by atoms with Gasteiger partial charge in [-0.3, -0.25) is 10.1 Å². The summed E-state index contributed by atoms with van der Waals surface area (Å²) in [6, 6.07) is 7.90. The number of hydrogen-bond acceptors (Lipinski definition) is 3. The van der Waals surface area contributed by atoms with Crippen LogP contribution in [0.15, 0.2) is 28.7 Å². The molecule has 17 heavy (non-hydrogen) atoms. The molecule has 1 rings (SSSR count). The van der Waals surface area contributed by atoms with Gasteiger partial charge >= 0.3 is 5.97 Å². The average molecular weight is 323 g/mol. The number of carbonyl (C=O) groups excluding carboxylic acids is 1. The molecular formula is C12H17BrClNO2. The molecule has 0 saturated heterocycles. The van der Waals surface area contributed by atoms with Crippen molar-refractivity contribution in [2.45, 2.75) is 25.9 Å². The third-order valence-electron chi connectivity index (χ3n) is 2.37. The fourth-order valence-corrected chi connectivity index (χ4v) is 1.71. The van der Waals surface area contributed by atoms with E-state index in [1.807, 2.05) is 24.3 Å². The second kappa shape index (κ2) is 6.99. The SMILES string of the molecule is COC(=O)C(C)(C)NCc1ccccc1Br.Cl. The summed E-state index contributed by atoms with van der Waals surface area (Å²) in [5.41, 5.74) is 0.434. The molecule has 1 aromatic carbocycles. The molecule has 0 bridgehead atoms. The van der Waals surface area contributed by atoms with Gasteiger partial charge in [-0.2, -0.15) is 0 Å². The van der Waals surface area contributed by atoms with E-state index in [4.69, 9.17) is 4.74 Å². The highest BCUT2D eigenvalue weighted by Gasteiger charge is 2.27. The molecule has 0 heterocycles. The van der Waals surface area contributed by atoms with Gasteiger partial charge in [0.1, 0.15) is 5.54 Å². The lowest BCUT2D eigenvalue weighted by molar-refractivity contribution is -0.147. The first-order chi connectivity index (χ1) is 7.47. The molecule has 0 aliphatic rings. The minimum absolute atomic E-state index is 0. The number of methoxy groups -OCH3 is 1. The Labute approximate surface area is 116 Å². The van der Waals surface area contributed by atoms with Crippen molar-refractivity contribution in [3.8, 4) is 0 Å². The number of benzene rings is 1. The number of rotatable bonds is 4. The Morgan fingerprint density at radius 2 is 2.00 bits per heavy atom. The summed E-state index contributed by atoms with van der Waals surface area (Å²) in [5, 5.41) is 3.16. The molecule has 0 amide bonds. The standard InChI is InChI=1S/C12H16BrNO2.ClH/c1-12(2,11(15)16-3)14-8-9-6-4-5-7-10(9)13;/h4-7,14H,8H2,1-3H3;1H. The van der Waals surface area contributed by atoms with Crippen molar-refractivity contribution in [2.24, 2.45) is 0 Å². The molecule has 1 aromatic rings. The number of halogens is 2. The molecule has 96 valence electrons. The van der Waals surface area contributed by atoms with E-state index in [1.54, 1.807) is 13.8 Å². The Balaban J connectivity index is 0.00000256. The molecule has 0 saturated carbocycles. The van der Waals surface area contributed by atoms with Crippen molar-refractivity contribution >= 4 is 34.3 Å². The van der Waals surface area contributed by atoms with Crippen molar-refractivity contribution in [3.05, 3.63) is 34.3 Å². The maximum absolute atomic E-state index is 11.4. The third-order valence-corrected chi connectivity index (χ3v) is 3.15. The highest BCUT2D eigenvalue weighted by atomic mass is 79.9. The Kier molecular flexibility index (Phi) is 6.75. The van der Waals surface area contributed by atoms with E-state index in [0.717, 1.165) is 10.0 Å². The molecule has 1 N–H and O–H groups in total. The molecule has 0 aliphatic carbocycles. The first-order valence-corrected chi connectivity index (χ1v) is 5.83. The van der Waals surface area contributed by atoms with Crippen molar-refractivity contribution < 1.29 is 9.53 Å². The van der Waals surface area contributed by atoms with Crippen LogP contribution in [-0.4, -0.2) is 18.6 Å². The second-order valence-electron chi connectivity index (χ2n) is 4.06. The van der Waals surface area contributed by atoms with E-state index in [9.17, 15) is 4.79 Å². The fraction of sp³-hybridized carbons (Fsp3) is 0.417. The van der Waals surface area contributed by atoms with Gasteiger partial charge in [-0.15, -0.1) is 12.4 Å². The van der Waals surface area contributed by atoms with Gasteiger partial charge in [0.25, 0.3) is 0 Å². The average Bonchev–Trinajstić information content (AvgIpc) is 2.27. The van der Waals surface area contributed by atoms with Gasteiger partial charge in [0.15, 0.2) is 0 Å². The smallest absolute Gasteiger partial charge is 0.325 e. The summed E-state index contributed by atoms with van der Waals surface area (Å²) >= 11 is 3.46. The summed E-state index contributed by atoms with van der Waals surface area (Å²) in [6.45, 7) is 4.22. The predicted molar refractivity (Wildman–Crippen MR) is 74.3 cm³/mol. The molecule has 5 heteroatoms. The zero-order chi connectivity index (χ0) is 12.2. The monoisotopic (exact) mass is 321 g/mol. The van der Waals surface area contributed by atoms with Gasteiger partial charge in [-0.25, -0.2) is 0 Å². The lowest BCUT2D eigenvalue weighted by Gasteiger charge is -2.23. The largest absolute Gasteiger partial charge is 0.468 e. The molecule has 0 aliphatic heterocycles. The van der Waals surface area contributed by atoms with Gasteiger partial charge in [0, 0.05) is 11.0 Å². The zero-order valence-corrected chi connectivity index (χ0v) is 12.5. The van der Waals surface area contributed by atoms with Crippen LogP contribution in [0.1, 0.15) is 19.4 Å². The van der Waals surface area contributed by atoms with Crippen LogP contribution in [0, 0.1) is 0 Å². The van der Waals surface area contributed by atoms with Crippen LogP contribution in [0.3, 0.4) is 0 Å². The normalized spacial score (nSPS) is 10.6. The van der Waals surface area contributed by atoms with E-state index in [2.05, 4.69) is 21.2 Å². The van der Waals surface area contributed by atoms with Gasteiger partial charge < -0.3 is 4.74 Å². The minimum Gasteiger partial charge on any atom is -0.468 e. The van der Waals surface area contributed by atoms with E-state index < -0.39 is 5.54 Å². The predicted octanol–water partition coefficient (Wildman–Crippen LogP) is 2.91. The summed E-state index contributed by atoms with van der Waals surface area (Å²) in [6.07, 6.45) is 0. The number of hydrogen-bond donors (Lipinski definition) is 1. The highest BCUT2D eigenvalue weighted by molar-refractivity contribution is 9.10. The Hall–Kier alpha value is -0.580. The Morgan fingerprint density at radius 1 is 1.41 bits per heavy atom. The molecular weight excluding hydrogens is 305 g/mol. The van der Waals surface area contributed by atoms with Crippen LogP contribution in [0.5, 0.6) is 0 Å². The van der Waals surface area contributed by atoms with Crippen LogP contribution in [0.25, 0.3) is 0 Å². The zero-order valence-electron chi connectivity index (χ0n) is 10.1. The Morgan fingerprint density at radius 3 is 2.53 bits per heavy atom. The lowest BCUT2D eigenvalue weighted by atomic mass is 10.1. The van der Waals surface area contributed by atoms with Crippen LogP contribution in [-0.2, 0) is 16.1 Å². The van der Waals surface area contributed by atoms with Gasteiger partial charge in [0.2, 0.25) is 0 Å². The van der Waals surface area contributed by atoms with E-state index in [1.165, 1.54) is 7.11 Å². The van der Waals surface area contributed by atoms with Crippen LogP contribution < -0.4 is 5.32 Å². The second-order valence-corrected chi connectivity index (χ2v) is 4.92. The maximum Gasteiger partial charge on any atom is 0.325 e. The number of nitrogens with one attached hydrogen (secondary N) is 1. The van der Waals surface area contributed by atoms with E-state index in [-0.39, 0.29) is 18.4 Å². The van der Waals surface area contributed by atoms with Crippen LogP contribution in [0.2, 0.25) is 0 Å². The summed E-state index contributed by atoms with van der Waals surface area (Å²) < 4.78 is 5.75. The highest BCUT2D eigenvalue weighted by Crippen LogP contribution is 2.16. The van der Waals surface area contributed by atoms with E-state index >= 15 is 0 Å². The first kappa shape index (κ1) is 16.4. The lowest BCUT2D eigenvalue weighted by Crippen LogP contribution is -2.47. The summed E-state index contributed by atoms with van der Waals surface area (Å²) in [7, 11) is 1.39. The molecule has 0 radical (unpaired) electrons. The Bertz CT molecular complexity index is 383. The van der Waals surface area contributed by atoms with Crippen molar-refractivity contribution in [1.82, 2.24) is 5.32 Å². The molecule has 0 unspecified atom stereocenters. The van der Waals surface area contributed by atoms with Crippen LogP contribution >= 0.6 is 28.3 Å². The summed E-state index contributed by atoms with van der Waals surface area (Å²) in [5.74, 6) is -0.264. The van der Waals surface area contributed by atoms with Crippen LogP contribution in [0.4, 0.5) is 0 Å². The van der Waals surface area contributed by atoms with Gasteiger partial charge in [-0.05, 0) is 25.5 Å². The quantitative estimate of drug-likeness (QED) is 0.866. The number of carbonyl (C=O) groups is 1. The number of ether oxygens (including phenoxy) is 1. The van der Waals surface area contributed by atoms with Crippen molar-refractivity contribution in [3.63, 3.8) is 0 Å². The molecule has 0 aromatic heterocycles. The first-order valence-electron chi connectivity index (χ1n) is 5.04. The maximum atomic E-state index is 11.4. The van der Waals surface area contributed by atoms with Gasteiger partial charge in [0.05, 0.1) is 7.11 Å². The fourth-order valence-electron chi connectivity index (χ4n) is 1.29. The summed E-state index contributed by atoms with van der Waals surface area (Å²) in [4.78, 5) is 11.4.